The highest BCUT2D eigenvalue weighted by molar-refractivity contribution is 5.82. The summed E-state index contributed by atoms with van der Waals surface area (Å²) in [6.45, 7) is 8.22. The highest BCUT2D eigenvalue weighted by Crippen LogP contribution is 2.22. The minimum atomic E-state index is -0.308. The van der Waals surface area contributed by atoms with Crippen molar-refractivity contribution in [2.24, 2.45) is 17.6 Å². The molecule has 0 radical (unpaired) electrons. The maximum atomic E-state index is 12.3. The first kappa shape index (κ1) is 15.5. The molecule has 18 heavy (non-hydrogen) atoms. The van der Waals surface area contributed by atoms with Gasteiger partial charge in [0, 0.05) is 13.1 Å². The number of nitrogens with zero attached hydrogens (tertiary/aromatic N) is 1. The number of hydrogen-bond acceptors (Lipinski definition) is 2. The monoisotopic (exact) mass is 254 g/mol. The molecule has 2 N–H and O–H groups in total. The Kier molecular flexibility index (Phi) is 6.69. The van der Waals surface area contributed by atoms with Crippen LogP contribution in [0.3, 0.4) is 0 Å². The Morgan fingerprint density at radius 3 is 2.67 bits per heavy atom. The summed E-state index contributed by atoms with van der Waals surface area (Å²) in [5.41, 5.74) is 6.06. The van der Waals surface area contributed by atoms with Crippen LogP contribution in [0.2, 0.25) is 0 Å². The molecule has 0 saturated carbocycles. The van der Waals surface area contributed by atoms with Gasteiger partial charge in [0.05, 0.1) is 6.04 Å². The van der Waals surface area contributed by atoms with Gasteiger partial charge < -0.3 is 10.6 Å². The first-order valence-corrected chi connectivity index (χ1v) is 7.64. The van der Waals surface area contributed by atoms with Crippen LogP contribution in [0, 0.1) is 11.8 Å². The highest BCUT2D eigenvalue weighted by atomic mass is 16.2. The van der Waals surface area contributed by atoms with Gasteiger partial charge in [-0.15, -0.1) is 0 Å². The largest absolute Gasteiger partial charge is 0.341 e. The molecule has 1 aliphatic rings. The molecule has 3 nitrogen and oxygen atoms in total. The molecule has 0 aromatic heterocycles. The third kappa shape index (κ3) is 4.27. The van der Waals surface area contributed by atoms with Crippen LogP contribution in [0.4, 0.5) is 0 Å². The second kappa shape index (κ2) is 7.78. The number of amides is 1. The average Bonchev–Trinajstić information content (AvgIpc) is 2.62. The SMILES string of the molecule is CCCC1CCCN(C(=O)C(N)C(C)CC)CC1. The van der Waals surface area contributed by atoms with E-state index in [1.54, 1.807) is 0 Å². The minimum absolute atomic E-state index is 0.168. The molecule has 3 heteroatoms. The Morgan fingerprint density at radius 2 is 2.06 bits per heavy atom. The van der Waals surface area contributed by atoms with E-state index in [0.717, 1.165) is 38.3 Å². The Bertz CT molecular complexity index is 255. The summed E-state index contributed by atoms with van der Waals surface area (Å²) in [6, 6.07) is -0.308. The van der Waals surface area contributed by atoms with Crippen LogP contribution in [0.15, 0.2) is 0 Å². The predicted molar refractivity (Wildman–Crippen MR) is 76.3 cm³/mol. The van der Waals surface area contributed by atoms with Crippen molar-refractivity contribution in [1.82, 2.24) is 4.90 Å². The lowest BCUT2D eigenvalue weighted by Gasteiger charge is -2.27. The van der Waals surface area contributed by atoms with Crippen molar-refractivity contribution < 1.29 is 4.79 Å². The van der Waals surface area contributed by atoms with Gasteiger partial charge in [-0.2, -0.15) is 0 Å². The van der Waals surface area contributed by atoms with E-state index in [2.05, 4.69) is 20.8 Å². The quantitative estimate of drug-likeness (QED) is 0.820. The van der Waals surface area contributed by atoms with Crippen molar-refractivity contribution in [3.05, 3.63) is 0 Å². The zero-order chi connectivity index (χ0) is 13.5. The third-order valence-electron chi connectivity index (χ3n) is 4.40. The van der Waals surface area contributed by atoms with E-state index in [-0.39, 0.29) is 17.9 Å². The number of nitrogens with two attached hydrogens (primary N) is 1. The molecule has 0 bridgehead atoms. The van der Waals surface area contributed by atoms with Crippen molar-refractivity contribution in [3.63, 3.8) is 0 Å². The van der Waals surface area contributed by atoms with Gasteiger partial charge in [-0.05, 0) is 31.1 Å². The third-order valence-corrected chi connectivity index (χ3v) is 4.40. The van der Waals surface area contributed by atoms with Gasteiger partial charge in [0.15, 0.2) is 0 Å². The minimum Gasteiger partial charge on any atom is -0.341 e. The Hall–Kier alpha value is -0.570. The van der Waals surface area contributed by atoms with Crippen LogP contribution in [0.25, 0.3) is 0 Å². The van der Waals surface area contributed by atoms with E-state index in [1.165, 1.54) is 19.3 Å². The summed E-state index contributed by atoms with van der Waals surface area (Å²) in [5, 5.41) is 0. The molecule has 1 rings (SSSR count). The highest BCUT2D eigenvalue weighted by Gasteiger charge is 2.26. The van der Waals surface area contributed by atoms with Crippen molar-refractivity contribution in [2.75, 3.05) is 13.1 Å². The van der Waals surface area contributed by atoms with Crippen LogP contribution >= 0.6 is 0 Å². The first-order valence-electron chi connectivity index (χ1n) is 7.64. The van der Waals surface area contributed by atoms with Crippen molar-refractivity contribution >= 4 is 5.91 Å². The van der Waals surface area contributed by atoms with Crippen molar-refractivity contribution in [1.29, 1.82) is 0 Å². The fourth-order valence-electron chi connectivity index (χ4n) is 2.79. The summed E-state index contributed by atoms with van der Waals surface area (Å²) in [6.07, 6.45) is 7.11. The van der Waals surface area contributed by atoms with Crippen molar-refractivity contribution in [2.45, 2.75) is 65.3 Å². The predicted octanol–water partition coefficient (Wildman–Crippen LogP) is 2.79. The molecular formula is C15H30N2O. The summed E-state index contributed by atoms with van der Waals surface area (Å²) < 4.78 is 0. The molecule has 1 amide bonds. The van der Waals surface area contributed by atoms with Gasteiger partial charge in [0.25, 0.3) is 0 Å². The molecule has 1 fully saturated rings. The van der Waals surface area contributed by atoms with Crippen LogP contribution in [0.5, 0.6) is 0 Å². The zero-order valence-corrected chi connectivity index (χ0v) is 12.3. The topological polar surface area (TPSA) is 46.3 Å². The molecular weight excluding hydrogens is 224 g/mol. The number of carbonyl (C=O) groups excluding carboxylic acids is 1. The maximum Gasteiger partial charge on any atom is 0.239 e. The van der Waals surface area contributed by atoms with Gasteiger partial charge in [-0.25, -0.2) is 0 Å². The standard InChI is InChI=1S/C15H30N2O/c1-4-7-13-8-6-10-17(11-9-13)15(18)14(16)12(3)5-2/h12-14H,4-11,16H2,1-3H3. The van der Waals surface area contributed by atoms with Gasteiger partial charge in [-0.1, -0.05) is 40.0 Å². The van der Waals surface area contributed by atoms with Gasteiger partial charge >= 0.3 is 0 Å². The molecule has 106 valence electrons. The van der Waals surface area contributed by atoms with Crippen LogP contribution in [-0.2, 0) is 4.79 Å². The molecule has 0 aliphatic carbocycles. The average molecular weight is 254 g/mol. The summed E-state index contributed by atoms with van der Waals surface area (Å²) in [5.74, 6) is 1.27. The molecule has 0 aromatic rings. The molecule has 0 spiro atoms. The number of hydrogen-bond donors (Lipinski definition) is 1. The number of rotatable bonds is 5. The molecule has 1 saturated heterocycles. The van der Waals surface area contributed by atoms with Crippen LogP contribution in [-0.4, -0.2) is 29.9 Å². The fourth-order valence-corrected chi connectivity index (χ4v) is 2.79. The molecule has 1 aliphatic heterocycles. The number of likely N-dealkylation sites (tertiary alicyclic amines) is 1. The van der Waals surface area contributed by atoms with Crippen LogP contribution in [0.1, 0.15) is 59.3 Å². The van der Waals surface area contributed by atoms with E-state index >= 15 is 0 Å². The van der Waals surface area contributed by atoms with E-state index in [4.69, 9.17) is 5.73 Å². The molecule has 3 atom stereocenters. The lowest BCUT2D eigenvalue weighted by molar-refractivity contribution is -0.133. The lowest BCUT2D eigenvalue weighted by atomic mass is 9.96. The lowest BCUT2D eigenvalue weighted by Crippen LogP contribution is -2.47. The van der Waals surface area contributed by atoms with Gasteiger partial charge in [0.1, 0.15) is 0 Å². The van der Waals surface area contributed by atoms with Crippen molar-refractivity contribution in [3.8, 4) is 0 Å². The van der Waals surface area contributed by atoms with E-state index in [9.17, 15) is 4.79 Å². The first-order chi connectivity index (χ1) is 8.60. The zero-order valence-electron chi connectivity index (χ0n) is 12.3. The summed E-state index contributed by atoms with van der Waals surface area (Å²) in [7, 11) is 0. The van der Waals surface area contributed by atoms with E-state index in [0.29, 0.717) is 0 Å². The van der Waals surface area contributed by atoms with E-state index in [1.807, 2.05) is 4.90 Å². The maximum absolute atomic E-state index is 12.3. The van der Waals surface area contributed by atoms with Gasteiger partial charge in [-0.3, -0.25) is 4.79 Å². The molecule has 3 unspecified atom stereocenters. The smallest absolute Gasteiger partial charge is 0.239 e. The van der Waals surface area contributed by atoms with Crippen LogP contribution < -0.4 is 5.73 Å². The Labute approximate surface area is 112 Å². The molecule has 1 heterocycles. The normalized spacial score (nSPS) is 24.4. The second-order valence-corrected chi connectivity index (χ2v) is 5.82. The Balaban J connectivity index is 2.49. The van der Waals surface area contributed by atoms with Gasteiger partial charge in [0.2, 0.25) is 5.91 Å². The molecule has 0 aromatic carbocycles. The Morgan fingerprint density at radius 1 is 1.33 bits per heavy atom. The summed E-state index contributed by atoms with van der Waals surface area (Å²) in [4.78, 5) is 14.3. The number of carbonyl (C=O) groups is 1. The summed E-state index contributed by atoms with van der Waals surface area (Å²) >= 11 is 0. The second-order valence-electron chi connectivity index (χ2n) is 5.82. The van der Waals surface area contributed by atoms with E-state index < -0.39 is 0 Å². The fraction of sp³-hybridized carbons (Fsp3) is 0.933.